The summed E-state index contributed by atoms with van der Waals surface area (Å²) >= 11 is 0. The van der Waals surface area contributed by atoms with E-state index in [-0.39, 0.29) is 24.1 Å². The van der Waals surface area contributed by atoms with Crippen LogP contribution in [0, 0.1) is 5.92 Å². The van der Waals surface area contributed by atoms with Crippen molar-refractivity contribution < 1.29 is 48.1 Å². The number of rotatable bonds is 15. The van der Waals surface area contributed by atoms with E-state index in [9.17, 15) is 34.2 Å². The number of aliphatic carboxylic acids is 2. The first-order valence-electron chi connectivity index (χ1n) is 16.5. The Morgan fingerprint density at radius 3 is 2.21 bits per heavy atom. The number of hydrogen-bond donors (Lipinski definition) is 2. The topological polar surface area (TPSA) is 174 Å². The summed E-state index contributed by atoms with van der Waals surface area (Å²) in [6, 6.07) is 24.8. The number of carboxylic acid groups (broad SMARTS) is 2. The minimum atomic E-state index is -1.46. The maximum absolute atomic E-state index is 14.2. The number of nitrogens with zero attached hydrogens (tertiary/aromatic N) is 2. The van der Waals surface area contributed by atoms with Crippen molar-refractivity contribution in [2.45, 2.75) is 44.7 Å². The lowest BCUT2D eigenvalue weighted by Crippen LogP contribution is -2.43. The zero-order valence-electron chi connectivity index (χ0n) is 28.9. The number of carbonyl (C=O) groups is 5. The van der Waals surface area contributed by atoms with E-state index in [4.69, 9.17) is 13.9 Å². The van der Waals surface area contributed by atoms with Crippen LogP contribution in [0.1, 0.15) is 69.8 Å². The Morgan fingerprint density at radius 2 is 1.52 bits per heavy atom. The van der Waals surface area contributed by atoms with Crippen LogP contribution < -0.4 is 0 Å². The summed E-state index contributed by atoms with van der Waals surface area (Å²) in [6.45, 7) is 1.87. The molecule has 0 saturated heterocycles. The van der Waals surface area contributed by atoms with E-state index in [1.165, 1.54) is 31.3 Å². The van der Waals surface area contributed by atoms with Crippen molar-refractivity contribution in [1.82, 2.24) is 9.88 Å². The Kier molecular flexibility index (Phi) is 11.8. The predicted octanol–water partition coefficient (Wildman–Crippen LogP) is 6.72. The summed E-state index contributed by atoms with van der Waals surface area (Å²) in [6.07, 6.45) is 2.51. The number of esters is 2. The third-order valence-electron chi connectivity index (χ3n) is 9.00. The highest BCUT2D eigenvalue weighted by Crippen LogP contribution is 2.33. The molecule has 268 valence electrons. The van der Waals surface area contributed by atoms with Gasteiger partial charge < -0.3 is 29.0 Å². The molecule has 0 aliphatic heterocycles. The van der Waals surface area contributed by atoms with Gasteiger partial charge in [0.2, 0.25) is 11.8 Å². The number of hydrogen-bond acceptors (Lipinski definition) is 9. The van der Waals surface area contributed by atoms with E-state index >= 15 is 0 Å². The number of amides is 1. The molecule has 2 N–H and O–H groups in total. The van der Waals surface area contributed by atoms with Crippen LogP contribution in [0.25, 0.3) is 27.9 Å². The largest absolute Gasteiger partial charge is 0.481 e. The maximum atomic E-state index is 14.2. The molecule has 12 heteroatoms. The SMILES string of the molecule is COC(=O)c1ccc(C(C/C=C/c2nc3ccccc3o2)C(C)N(Cc2ccc3ccccc3c2)C(=O)CC(CC(=O)O)C(=O)O)cc1C(=O)OC. The van der Waals surface area contributed by atoms with Crippen molar-refractivity contribution in [3.05, 3.63) is 119 Å². The van der Waals surface area contributed by atoms with Gasteiger partial charge in [-0.15, -0.1) is 0 Å². The normalized spacial score (nSPS) is 13.1. The predicted molar refractivity (Wildman–Crippen MR) is 191 cm³/mol. The van der Waals surface area contributed by atoms with Crippen LogP contribution in [-0.4, -0.2) is 70.1 Å². The van der Waals surface area contributed by atoms with Gasteiger partial charge in [-0.05, 0) is 71.7 Å². The number of fused-ring (bicyclic) bond motifs is 2. The second-order valence-corrected chi connectivity index (χ2v) is 12.3. The molecule has 1 heterocycles. The molecule has 0 aliphatic carbocycles. The first-order valence-corrected chi connectivity index (χ1v) is 16.5. The second-order valence-electron chi connectivity index (χ2n) is 12.3. The van der Waals surface area contributed by atoms with Crippen molar-refractivity contribution in [3.8, 4) is 0 Å². The third-order valence-corrected chi connectivity index (χ3v) is 9.00. The van der Waals surface area contributed by atoms with E-state index in [0.29, 0.717) is 22.6 Å². The molecule has 0 radical (unpaired) electrons. The maximum Gasteiger partial charge on any atom is 0.338 e. The molecule has 0 bridgehead atoms. The van der Waals surface area contributed by atoms with Gasteiger partial charge in [0.05, 0.1) is 37.7 Å². The van der Waals surface area contributed by atoms with Gasteiger partial charge in [-0.25, -0.2) is 14.6 Å². The summed E-state index contributed by atoms with van der Waals surface area (Å²) in [4.78, 5) is 69.3. The van der Waals surface area contributed by atoms with Crippen molar-refractivity contribution in [1.29, 1.82) is 0 Å². The lowest BCUT2D eigenvalue weighted by Gasteiger charge is -2.36. The van der Waals surface area contributed by atoms with Crippen molar-refractivity contribution in [2.24, 2.45) is 5.92 Å². The summed E-state index contributed by atoms with van der Waals surface area (Å²) in [7, 11) is 2.39. The molecule has 0 saturated carbocycles. The van der Waals surface area contributed by atoms with Gasteiger partial charge in [-0.3, -0.25) is 14.4 Å². The zero-order valence-corrected chi connectivity index (χ0v) is 28.9. The quantitative estimate of drug-likeness (QED) is 0.111. The molecule has 3 unspecified atom stereocenters. The van der Waals surface area contributed by atoms with Gasteiger partial charge in [0.1, 0.15) is 5.52 Å². The van der Waals surface area contributed by atoms with Crippen LogP contribution in [-0.2, 0) is 30.4 Å². The lowest BCUT2D eigenvalue weighted by atomic mass is 9.85. The molecule has 4 aromatic carbocycles. The number of oxazole rings is 1. The van der Waals surface area contributed by atoms with Crippen LogP contribution in [0.15, 0.2) is 95.4 Å². The van der Waals surface area contributed by atoms with Crippen LogP contribution in [0.4, 0.5) is 0 Å². The van der Waals surface area contributed by atoms with E-state index in [1.807, 2.05) is 66.7 Å². The Labute approximate surface area is 299 Å². The fourth-order valence-corrected chi connectivity index (χ4v) is 6.24. The molecular weight excluding hydrogens is 668 g/mol. The van der Waals surface area contributed by atoms with E-state index in [0.717, 1.165) is 16.3 Å². The first-order chi connectivity index (χ1) is 25.0. The summed E-state index contributed by atoms with van der Waals surface area (Å²) in [5.74, 6) is -6.46. The number of carboxylic acids is 2. The molecule has 5 rings (SSSR count). The molecule has 0 spiro atoms. The zero-order chi connectivity index (χ0) is 37.4. The van der Waals surface area contributed by atoms with E-state index < -0.39 is 60.5 Å². The molecular formula is C40H38N2O10. The molecule has 0 fully saturated rings. The highest BCUT2D eigenvalue weighted by Gasteiger charge is 2.33. The highest BCUT2D eigenvalue weighted by atomic mass is 16.5. The van der Waals surface area contributed by atoms with Crippen LogP contribution in [0.2, 0.25) is 0 Å². The minimum absolute atomic E-state index is 0.00594. The summed E-state index contributed by atoms with van der Waals surface area (Å²) in [5.41, 5.74) is 2.57. The van der Waals surface area contributed by atoms with Crippen LogP contribution in [0.5, 0.6) is 0 Å². The number of benzene rings is 4. The van der Waals surface area contributed by atoms with E-state index in [1.54, 1.807) is 25.1 Å². The molecule has 1 amide bonds. The van der Waals surface area contributed by atoms with Crippen LogP contribution >= 0.6 is 0 Å². The number of ether oxygens (including phenoxy) is 2. The lowest BCUT2D eigenvalue weighted by molar-refractivity contribution is -0.151. The van der Waals surface area contributed by atoms with Gasteiger partial charge in [-0.2, -0.15) is 0 Å². The summed E-state index contributed by atoms with van der Waals surface area (Å²) < 4.78 is 15.7. The Bertz CT molecular complexity index is 2120. The highest BCUT2D eigenvalue weighted by molar-refractivity contribution is 6.03. The average Bonchev–Trinajstić information content (AvgIpc) is 3.56. The standard InChI is InChI=1S/C40H38N2O10/c1-24(42(36(43)21-29(38(46)47)22-37(44)45)23-25-15-16-26-9-4-5-10-27(26)19-25)30(11-8-14-35-41-33-12-6-7-13-34(33)52-35)28-17-18-31(39(48)50-2)32(20-28)40(49)51-3/h4-10,12-20,24,29-30H,11,21-23H2,1-3H3,(H,44,45)(H,46,47)/b14-8+. The molecule has 52 heavy (non-hydrogen) atoms. The summed E-state index contributed by atoms with van der Waals surface area (Å²) in [5, 5.41) is 21.1. The number of methoxy groups -OCH3 is 2. The van der Waals surface area contributed by atoms with Gasteiger partial charge in [0, 0.05) is 24.9 Å². The fraction of sp³-hybridized carbons (Fsp3) is 0.250. The second kappa shape index (κ2) is 16.6. The average molecular weight is 707 g/mol. The van der Waals surface area contributed by atoms with Crippen molar-refractivity contribution in [3.63, 3.8) is 0 Å². The minimum Gasteiger partial charge on any atom is -0.481 e. The van der Waals surface area contributed by atoms with Gasteiger partial charge in [0.15, 0.2) is 5.58 Å². The van der Waals surface area contributed by atoms with Gasteiger partial charge in [0.25, 0.3) is 0 Å². The Hall–Kier alpha value is -6.30. The third kappa shape index (κ3) is 8.70. The fourth-order valence-electron chi connectivity index (χ4n) is 6.24. The Balaban J connectivity index is 1.59. The van der Waals surface area contributed by atoms with Gasteiger partial charge >= 0.3 is 23.9 Å². The smallest absolute Gasteiger partial charge is 0.338 e. The van der Waals surface area contributed by atoms with Crippen molar-refractivity contribution >= 4 is 57.7 Å². The van der Waals surface area contributed by atoms with Gasteiger partial charge in [-0.1, -0.05) is 60.7 Å². The molecule has 3 atom stereocenters. The van der Waals surface area contributed by atoms with Crippen molar-refractivity contribution in [2.75, 3.05) is 14.2 Å². The molecule has 1 aromatic heterocycles. The first kappa shape index (κ1) is 37.0. The molecule has 0 aliphatic rings. The van der Waals surface area contributed by atoms with Crippen LogP contribution in [0.3, 0.4) is 0 Å². The number of carbonyl (C=O) groups excluding carboxylic acids is 3. The molecule has 12 nitrogen and oxygen atoms in total. The monoisotopic (exact) mass is 706 g/mol. The number of allylic oxidation sites excluding steroid dienone is 1. The Morgan fingerprint density at radius 1 is 0.827 bits per heavy atom. The number of para-hydroxylation sites is 2. The molecule has 5 aromatic rings. The number of aromatic nitrogens is 1. The van der Waals surface area contributed by atoms with E-state index in [2.05, 4.69) is 4.98 Å².